The number of aromatic nitrogens is 2. The Morgan fingerprint density at radius 2 is 2.06 bits per heavy atom. The second kappa shape index (κ2) is 4.34. The van der Waals surface area contributed by atoms with E-state index in [4.69, 9.17) is 10.5 Å². The third-order valence-electron chi connectivity index (χ3n) is 2.50. The van der Waals surface area contributed by atoms with Gasteiger partial charge < -0.3 is 10.5 Å². The zero-order valence-corrected chi connectivity index (χ0v) is 10.8. The molecule has 6 nitrogen and oxygen atoms in total. The second-order valence-corrected chi connectivity index (χ2v) is 5.55. The smallest absolute Gasteiger partial charge is 0.283 e. The number of ether oxygens (including phenoxy) is 1. The molecule has 96 valence electrons. The Labute approximate surface area is 105 Å². The number of hydrogen-bond acceptors (Lipinski definition) is 5. The summed E-state index contributed by atoms with van der Waals surface area (Å²) < 4.78 is 30.3. The number of anilines is 1. The van der Waals surface area contributed by atoms with Crippen LogP contribution in [0.4, 0.5) is 5.82 Å². The molecule has 0 fully saturated rings. The fourth-order valence-corrected chi connectivity index (χ4v) is 2.78. The molecule has 0 atom stereocenters. The first-order chi connectivity index (χ1) is 8.45. The third-order valence-corrected chi connectivity index (χ3v) is 4.04. The van der Waals surface area contributed by atoms with Crippen molar-refractivity contribution in [1.82, 2.24) is 9.19 Å². The van der Waals surface area contributed by atoms with E-state index in [-0.39, 0.29) is 10.7 Å². The van der Waals surface area contributed by atoms with Gasteiger partial charge >= 0.3 is 0 Å². The first-order valence-corrected chi connectivity index (χ1v) is 6.60. The number of nitrogens with zero attached hydrogens (tertiary/aromatic N) is 2. The molecule has 0 saturated heterocycles. The lowest BCUT2D eigenvalue weighted by Crippen LogP contribution is -2.14. The molecule has 0 aliphatic rings. The zero-order chi connectivity index (χ0) is 13.3. The Morgan fingerprint density at radius 3 is 2.56 bits per heavy atom. The lowest BCUT2D eigenvalue weighted by Gasteiger charge is -2.08. The summed E-state index contributed by atoms with van der Waals surface area (Å²) in [6, 6.07) is 6.04. The quantitative estimate of drug-likeness (QED) is 0.897. The van der Waals surface area contributed by atoms with Gasteiger partial charge in [0.05, 0.1) is 12.0 Å². The van der Waals surface area contributed by atoms with Crippen molar-refractivity contribution >= 4 is 15.8 Å². The van der Waals surface area contributed by atoms with Gasteiger partial charge in [-0.1, -0.05) is 0 Å². The van der Waals surface area contributed by atoms with Crippen LogP contribution in [-0.2, 0) is 10.0 Å². The molecular formula is C11H13N3O3S. The number of benzene rings is 1. The largest absolute Gasteiger partial charge is 0.496 e. The van der Waals surface area contributed by atoms with Crippen LogP contribution in [0, 0.1) is 6.92 Å². The molecule has 0 radical (unpaired) electrons. The fourth-order valence-electron chi connectivity index (χ4n) is 1.57. The molecule has 2 N–H and O–H groups in total. The number of aryl methyl sites for hydroxylation is 1. The molecule has 1 aromatic carbocycles. The molecule has 0 bridgehead atoms. The van der Waals surface area contributed by atoms with E-state index in [9.17, 15) is 8.42 Å². The molecule has 18 heavy (non-hydrogen) atoms. The summed E-state index contributed by atoms with van der Waals surface area (Å²) in [6.07, 6.45) is 1.31. The van der Waals surface area contributed by atoms with Crippen LogP contribution in [0.1, 0.15) is 5.56 Å². The van der Waals surface area contributed by atoms with Gasteiger partial charge in [0.2, 0.25) is 0 Å². The van der Waals surface area contributed by atoms with Gasteiger partial charge in [-0.3, -0.25) is 0 Å². The van der Waals surface area contributed by atoms with E-state index in [0.29, 0.717) is 5.75 Å². The average Bonchev–Trinajstić information content (AvgIpc) is 2.76. The van der Waals surface area contributed by atoms with Crippen LogP contribution in [0.3, 0.4) is 0 Å². The summed E-state index contributed by atoms with van der Waals surface area (Å²) >= 11 is 0. The van der Waals surface area contributed by atoms with Crippen LogP contribution >= 0.6 is 0 Å². The molecule has 0 aliphatic heterocycles. The lowest BCUT2D eigenvalue weighted by atomic mass is 10.2. The van der Waals surface area contributed by atoms with Crippen molar-refractivity contribution < 1.29 is 13.2 Å². The lowest BCUT2D eigenvalue weighted by molar-refractivity contribution is 0.411. The van der Waals surface area contributed by atoms with E-state index in [1.54, 1.807) is 13.0 Å². The second-order valence-electron chi connectivity index (χ2n) is 3.75. The van der Waals surface area contributed by atoms with Crippen molar-refractivity contribution in [3.8, 4) is 5.75 Å². The summed E-state index contributed by atoms with van der Waals surface area (Å²) in [7, 11) is -2.16. The highest BCUT2D eigenvalue weighted by atomic mass is 32.2. The van der Waals surface area contributed by atoms with Crippen molar-refractivity contribution in [1.29, 1.82) is 0 Å². The maximum atomic E-state index is 12.2. The standard InChI is InChI=1S/C11H13N3O3S/c1-8-7-9(3-4-10(8)17-2)18(15,16)14-6-5-11(12)13-14/h3-7H,1-2H3,(H2,12,13). The van der Waals surface area contributed by atoms with E-state index in [1.165, 1.54) is 31.5 Å². The topological polar surface area (TPSA) is 87.2 Å². The Balaban J connectivity index is 2.51. The molecule has 2 rings (SSSR count). The number of nitrogens with two attached hydrogens (primary N) is 1. The first kappa shape index (κ1) is 12.4. The van der Waals surface area contributed by atoms with Crippen molar-refractivity contribution in [2.75, 3.05) is 12.8 Å². The Kier molecular flexibility index (Phi) is 3.00. The van der Waals surface area contributed by atoms with Crippen molar-refractivity contribution in [2.45, 2.75) is 11.8 Å². The minimum atomic E-state index is -3.70. The minimum Gasteiger partial charge on any atom is -0.496 e. The van der Waals surface area contributed by atoms with Gasteiger partial charge in [-0.05, 0) is 30.7 Å². The van der Waals surface area contributed by atoms with Crippen LogP contribution in [-0.4, -0.2) is 24.7 Å². The van der Waals surface area contributed by atoms with Gasteiger partial charge in [-0.2, -0.15) is 12.5 Å². The number of nitrogen functional groups attached to an aromatic ring is 1. The van der Waals surface area contributed by atoms with Gasteiger partial charge in [0.1, 0.15) is 11.6 Å². The van der Waals surface area contributed by atoms with Crippen LogP contribution in [0.2, 0.25) is 0 Å². The van der Waals surface area contributed by atoms with Gasteiger partial charge in [-0.25, -0.2) is 0 Å². The van der Waals surface area contributed by atoms with E-state index in [1.807, 2.05) is 0 Å². The molecule has 7 heteroatoms. The summed E-state index contributed by atoms with van der Waals surface area (Å²) in [6.45, 7) is 1.77. The summed E-state index contributed by atoms with van der Waals surface area (Å²) in [5, 5.41) is 3.71. The fraction of sp³-hybridized carbons (Fsp3) is 0.182. The van der Waals surface area contributed by atoms with E-state index < -0.39 is 10.0 Å². The van der Waals surface area contributed by atoms with Gasteiger partial charge in [0.15, 0.2) is 0 Å². The summed E-state index contributed by atoms with van der Waals surface area (Å²) in [5.41, 5.74) is 6.15. The third kappa shape index (κ3) is 2.04. The van der Waals surface area contributed by atoms with Crippen LogP contribution in [0.5, 0.6) is 5.75 Å². The first-order valence-electron chi connectivity index (χ1n) is 5.16. The van der Waals surface area contributed by atoms with Crippen LogP contribution < -0.4 is 10.5 Å². The molecule has 0 spiro atoms. The van der Waals surface area contributed by atoms with Crippen molar-refractivity contribution in [3.05, 3.63) is 36.0 Å². The highest BCUT2D eigenvalue weighted by Gasteiger charge is 2.18. The summed E-state index contributed by atoms with van der Waals surface area (Å²) in [5.74, 6) is 0.790. The van der Waals surface area contributed by atoms with Crippen LogP contribution in [0.15, 0.2) is 35.4 Å². The van der Waals surface area contributed by atoms with Crippen molar-refractivity contribution in [2.24, 2.45) is 0 Å². The molecule has 1 heterocycles. The zero-order valence-electron chi connectivity index (χ0n) is 9.99. The highest BCUT2D eigenvalue weighted by Crippen LogP contribution is 2.22. The molecule has 0 amide bonds. The van der Waals surface area contributed by atoms with Gasteiger partial charge in [0, 0.05) is 12.3 Å². The maximum Gasteiger partial charge on any atom is 0.283 e. The Bertz CT molecular complexity index is 677. The monoisotopic (exact) mass is 267 g/mol. The molecule has 0 unspecified atom stereocenters. The highest BCUT2D eigenvalue weighted by molar-refractivity contribution is 7.89. The Morgan fingerprint density at radius 1 is 1.33 bits per heavy atom. The van der Waals surface area contributed by atoms with E-state index >= 15 is 0 Å². The van der Waals surface area contributed by atoms with E-state index in [2.05, 4.69) is 5.10 Å². The minimum absolute atomic E-state index is 0.143. The molecule has 0 saturated carbocycles. The van der Waals surface area contributed by atoms with Gasteiger partial charge in [0.25, 0.3) is 10.0 Å². The molecule has 1 aromatic heterocycles. The molecule has 2 aromatic rings. The van der Waals surface area contributed by atoms with Crippen LogP contribution in [0.25, 0.3) is 0 Å². The summed E-state index contributed by atoms with van der Waals surface area (Å²) in [4.78, 5) is 0.143. The van der Waals surface area contributed by atoms with E-state index in [0.717, 1.165) is 9.65 Å². The number of rotatable bonds is 3. The number of hydrogen-bond donors (Lipinski definition) is 1. The Hall–Kier alpha value is -2.02. The van der Waals surface area contributed by atoms with Gasteiger partial charge in [-0.15, -0.1) is 5.10 Å². The average molecular weight is 267 g/mol. The normalized spacial score (nSPS) is 11.4. The predicted molar refractivity (Wildman–Crippen MR) is 67.0 cm³/mol. The predicted octanol–water partition coefficient (Wildman–Crippen LogP) is 1.02. The van der Waals surface area contributed by atoms with Crippen molar-refractivity contribution in [3.63, 3.8) is 0 Å². The SMILES string of the molecule is COc1ccc(S(=O)(=O)n2ccc(N)n2)cc1C. The number of methoxy groups -OCH3 is 1. The molecular weight excluding hydrogens is 254 g/mol. The maximum absolute atomic E-state index is 12.2. The molecule has 0 aliphatic carbocycles.